The Morgan fingerprint density at radius 1 is 0.739 bits per heavy atom. The van der Waals surface area contributed by atoms with Gasteiger partial charge < -0.3 is 15.3 Å². The number of carbonyl (C=O) groups excluding carboxylic acids is 2. The molecule has 14 heteroatoms. The van der Waals surface area contributed by atoms with Gasteiger partial charge in [-0.05, 0) is 81.7 Å². The minimum Gasteiger partial charge on any atom is -0.346 e. The molecule has 0 amide bonds. The van der Waals surface area contributed by atoms with Gasteiger partial charge in [-0.1, -0.05) is 12.1 Å². The molecule has 0 aliphatic carbocycles. The van der Waals surface area contributed by atoms with Gasteiger partial charge in [0.1, 0.15) is 35.3 Å². The largest absolute Gasteiger partial charge is 0.416 e. The molecule has 3 N–H and O–H groups in total. The second-order valence-corrected chi connectivity index (χ2v) is 11.4. The summed E-state index contributed by atoms with van der Waals surface area (Å²) in [6.07, 6.45) is 5.26. The van der Waals surface area contributed by atoms with Gasteiger partial charge in [-0.15, -0.1) is 12.4 Å². The SMILES string of the molecule is Cl.O=C(c1ncnc2[nH]ccc12)C1CCN(Cc2ccc(C(F)(F)F)cc2)CC1.O=C(c1ncnc2[nH]ccc12)C1CCNCC1. The van der Waals surface area contributed by atoms with Crippen LogP contribution in [0, 0.1) is 11.8 Å². The fourth-order valence-electron chi connectivity index (χ4n) is 6.02. The van der Waals surface area contributed by atoms with Crippen LogP contribution in [0.4, 0.5) is 13.2 Å². The van der Waals surface area contributed by atoms with E-state index in [9.17, 15) is 22.8 Å². The monoisotopic (exact) mass is 654 g/mol. The summed E-state index contributed by atoms with van der Waals surface area (Å²) in [4.78, 5) is 50.0. The van der Waals surface area contributed by atoms with Crippen LogP contribution >= 0.6 is 12.4 Å². The summed E-state index contributed by atoms with van der Waals surface area (Å²) in [5.41, 5.74) is 2.59. The minimum absolute atomic E-state index is 0. The van der Waals surface area contributed by atoms with Crippen molar-refractivity contribution >= 4 is 46.0 Å². The molecular weight excluding hydrogens is 621 g/mol. The fourth-order valence-corrected chi connectivity index (χ4v) is 6.02. The average molecular weight is 655 g/mol. The Morgan fingerprint density at radius 2 is 1.24 bits per heavy atom. The third-order valence-corrected chi connectivity index (χ3v) is 8.53. The van der Waals surface area contributed by atoms with Gasteiger partial charge in [0.25, 0.3) is 0 Å². The number of halogens is 4. The van der Waals surface area contributed by atoms with Crippen LogP contribution in [0.15, 0.2) is 61.4 Å². The standard InChI is InChI=1S/C20H19F3N4O.C12H14N4O.ClH/c21-20(22,23)15-3-1-13(2-4-15)11-27-9-6-14(7-10-27)18(28)17-16-5-8-24-19(16)26-12-25-17;17-11(8-1-4-13-5-2-8)10-9-3-6-14-12(9)16-7-15-10;/h1-5,8,12,14H,6-7,9-11H2,(H,24,25,26);3,6-8,13H,1-2,4-5H2,(H,14,15,16);1H. The van der Waals surface area contributed by atoms with E-state index in [0.29, 0.717) is 36.4 Å². The molecule has 0 bridgehead atoms. The smallest absolute Gasteiger partial charge is 0.346 e. The molecule has 0 saturated carbocycles. The lowest BCUT2D eigenvalue weighted by atomic mass is 9.90. The Labute approximate surface area is 269 Å². The molecule has 0 unspecified atom stereocenters. The number of benzene rings is 1. The highest BCUT2D eigenvalue weighted by Gasteiger charge is 2.31. The number of aromatic amines is 2. The van der Waals surface area contributed by atoms with Crippen LogP contribution in [0.1, 0.15) is 57.8 Å². The third kappa shape index (κ3) is 7.43. The van der Waals surface area contributed by atoms with Gasteiger partial charge in [0.2, 0.25) is 0 Å². The highest BCUT2D eigenvalue weighted by Crippen LogP contribution is 2.30. The Bertz CT molecular complexity index is 1780. The first-order chi connectivity index (χ1) is 21.8. The maximum absolute atomic E-state index is 12.9. The molecule has 242 valence electrons. The molecule has 6 heterocycles. The van der Waals surface area contributed by atoms with Gasteiger partial charge in [0.05, 0.1) is 5.56 Å². The Hall–Kier alpha value is -4.20. The molecule has 2 aliphatic heterocycles. The first-order valence-corrected chi connectivity index (χ1v) is 15.0. The molecule has 10 nitrogen and oxygen atoms in total. The summed E-state index contributed by atoms with van der Waals surface area (Å²) in [5.74, 6) is 0.181. The van der Waals surface area contributed by atoms with E-state index in [1.807, 2.05) is 12.1 Å². The van der Waals surface area contributed by atoms with Crippen LogP contribution in [0.5, 0.6) is 0 Å². The van der Waals surface area contributed by atoms with E-state index in [1.54, 1.807) is 12.4 Å². The molecule has 2 aliphatic rings. The van der Waals surface area contributed by atoms with Gasteiger partial charge in [-0.25, -0.2) is 19.9 Å². The number of likely N-dealkylation sites (tertiary alicyclic amines) is 1. The highest BCUT2D eigenvalue weighted by atomic mass is 35.5. The van der Waals surface area contributed by atoms with Crippen molar-refractivity contribution in [2.24, 2.45) is 11.8 Å². The summed E-state index contributed by atoms with van der Waals surface area (Å²) in [6, 6.07) is 8.94. The average Bonchev–Trinajstić information content (AvgIpc) is 3.75. The van der Waals surface area contributed by atoms with E-state index < -0.39 is 11.7 Å². The third-order valence-electron chi connectivity index (χ3n) is 8.53. The van der Waals surface area contributed by atoms with Crippen LogP contribution in [0.2, 0.25) is 0 Å². The predicted octanol–water partition coefficient (Wildman–Crippen LogP) is 5.63. The van der Waals surface area contributed by atoms with Gasteiger partial charge in [-0.2, -0.15) is 13.2 Å². The summed E-state index contributed by atoms with van der Waals surface area (Å²) in [5, 5.41) is 4.83. The number of alkyl halides is 3. The molecule has 7 rings (SSSR count). The number of hydrogen-bond donors (Lipinski definition) is 3. The zero-order chi connectivity index (χ0) is 31.4. The number of fused-ring (bicyclic) bond motifs is 2. The van der Waals surface area contributed by atoms with Crippen molar-refractivity contribution < 1.29 is 22.8 Å². The lowest BCUT2D eigenvalue weighted by Gasteiger charge is -2.31. The highest BCUT2D eigenvalue weighted by molar-refractivity contribution is 6.06. The van der Waals surface area contributed by atoms with Crippen molar-refractivity contribution in [2.45, 2.75) is 38.4 Å². The number of hydrogen-bond acceptors (Lipinski definition) is 8. The maximum Gasteiger partial charge on any atom is 0.416 e. The molecule has 0 spiro atoms. The molecule has 0 radical (unpaired) electrons. The number of carbonyl (C=O) groups is 2. The van der Waals surface area contributed by atoms with Gasteiger partial charge in [0, 0.05) is 41.5 Å². The lowest BCUT2D eigenvalue weighted by molar-refractivity contribution is -0.137. The normalized spacial score (nSPS) is 16.5. The maximum atomic E-state index is 12.9. The minimum atomic E-state index is -4.32. The first-order valence-electron chi connectivity index (χ1n) is 15.0. The van der Waals surface area contributed by atoms with Crippen molar-refractivity contribution in [1.82, 2.24) is 40.1 Å². The van der Waals surface area contributed by atoms with Crippen molar-refractivity contribution in [3.8, 4) is 0 Å². The second-order valence-electron chi connectivity index (χ2n) is 11.4. The van der Waals surface area contributed by atoms with E-state index >= 15 is 0 Å². The Kier molecular flexibility index (Phi) is 10.4. The molecule has 0 atom stereocenters. The van der Waals surface area contributed by atoms with Crippen LogP contribution < -0.4 is 5.32 Å². The number of H-pyrrole nitrogens is 2. The van der Waals surface area contributed by atoms with Gasteiger partial charge >= 0.3 is 6.18 Å². The summed E-state index contributed by atoms with van der Waals surface area (Å²) in [6.45, 7) is 3.85. The fraction of sp³-hybridized carbons (Fsp3) is 0.375. The molecule has 4 aromatic heterocycles. The zero-order valence-electron chi connectivity index (χ0n) is 24.9. The number of rotatable bonds is 6. The molecule has 2 fully saturated rings. The quantitative estimate of drug-likeness (QED) is 0.201. The van der Waals surface area contributed by atoms with Crippen molar-refractivity contribution in [2.75, 3.05) is 26.2 Å². The lowest BCUT2D eigenvalue weighted by Crippen LogP contribution is -2.36. The molecule has 2 saturated heterocycles. The Balaban J connectivity index is 0.000000198. The van der Waals surface area contributed by atoms with Crippen LogP contribution in [-0.2, 0) is 12.7 Å². The number of nitrogens with one attached hydrogen (secondary N) is 3. The topological polar surface area (TPSA) is 133 Å². The van der Waals surface area contributed by atoms with Crippen LogP contribution in [-0.4, -0.2) is 72.5 Å². The van der Waals surface area contributed by atoms with Crippen molar-refractivity contribution in [3.63, 3.8) is 0 Å². The number of ketones is 2. The van der Waals surface area contributed by atoms with Crippen LogP contribution in [0.25, 0.3) is 22.1 Å². The Morgan fingerprint density at radius 3 is 1.74 bits per heavy atom. The van der Waals surface area contributed by atoms with E-state index in [1.165, 1.54) is 24.8 Å². The molecular formula is C32H34ClF3N8O2. The summed E-state index contributed by atoms with van der Waals surface area (Å²) < 4.78 is 38.0. The van der Waals surface area contributed by atoms with Gasteiger partial charge in [-0.3, -0.25) is 14.5 Å². The van der Waals surface area contributed by atoms with E-state index in [4.69, 9.17) is 0 Å². The molecule has 46 heavy (non-hydrogen) atoms. The van der Waals surface area contributed by atoms with Crippen molar-refractivity contribution in [3.05, 3.63) is 84.0 Å². The van der Waals surface area contributed by atoms with E-state index in [2.05, 4.69) is 40.1 Å². The number of nitrogens with zero attached hydrogens (tertiary/aromatic N) is 5. The number of piperidine rings is 2. The van der Waals surface area contributed by atoms with Gasteiger partial charge in [0.15, 0.2) is 11.6 Å². The van der Waals surface area contributed by atoms with Crippen LogP contribution in [0.3, 0.4) is 0 Å². The first kappa shape index (κ1) is 33.2. The number of aromatic nitrogens is 6. The second kappa shape index (κ2) is 14.5. The molecule has 1 aromatic carbocycles. The number of Topliss-reactive ketones (excluding diaryl/α,β-unsaturated/α-hetero) is 2. The predicted molar refractivity (Wildman–Crippen MR) is 169 cm³/mol. The summed E-state index contributed by atoms with van der Waals surface area (Å²) in [7, 11) is 0. The van der Waals surface area contributed by atoms with E-state index in [-0.39, 0.29) is 35.8 Å². The van der Waals surface area contributed by atoms with E-state index in [0.717, 1.165) is 73.1 Å². The zero-order valence-corrected chi connectivity index (χ0v) is 25.7. The van der Waals surface area contributed by atoms with Crippen molar-refractivity contribution in [1.29, 1.82) is 0 Å². The summed E-state index contributed by atoms with van der Waals surface area (Å²) >= 11 is 0. The molecule has 5 aromatic rings.